The smallest absolute Gasteiger partial charge is 0.391 e. The van der Waals surface area contributed by atoms with Gasteiger partial charge in [0.1, 0.15) is 22.8 Å². The summed E-state index contributed by atoms with van der Waals surface area (Å²) in [6.45, 7) is 0.660. The SMILES string of the molecule is CN(C)[C@H]1C(O)=C(C(N)=O)C(=O)[C@@]2(O)C(O)=C3C(=O)c4c(O)ccc(CN5CCC(C(F)(F)F)CC5)c4C[C@H]3C[C@@H]12. The molecule has 0 unspecified atom stereocenters. The van der Waals surface area contributed by atoms with Gasteiger partial charge in [-0.2, -0.15) is 13.2 Å². The van der Waals surface area contributed by atoms with Gasteiger partial charge in [0.25, 0.3) is 5.91 Å². The number of rotatable bonds is 4. The summed E-state index contributed by atoms with van der Waals surface area (Å²) in [5, 5.41) is 44.5. The summed E-state index contributed by atoms with van der Waals surface area (Å²) >= 11 is 0. The zero-order valence-electron chi connectivity index (χ0n) is 22.5. The van der Waals surface area contributed by atoms with Crippen LogP contribution in [0.5, 0.6) is 5.75 Å². The van der Waals surface area contributed by atoms with E-state index in [1.807, 2.05) is 4.90 Å². The Morgan fingerprint density at radius 1 is 1.15 bits per heavy atom. The average molecular weight is 580 g/mol. The van der Waals surface area contributed by atoms with E-state index in [1.54, 1.807) is 20.2 Å². The van der Waals surface area contributed by atoms with E-state index < -0.39 is 70.1 Å². The molecule has 13 heteroatoms. The summed E-state index contributed by atoms with van der Waals surface area (Å²) in [7, 11) is 3.09. The molecule has 0 bridgehead atoms. The van der Waals surface area contributed by atoms with E-state index in [9.17, 15) is 48.0 Å². The highest BCUT2D eigenvalue weighted by Gasteiger charge is 2.63. The number of carbonyl (C=O) groups excluding carboxylic acids is 3. The van der Waals surface area contributed by atoms with Crippen molar-refractivity contribution in [3.05, 3.63) is 51.5 Å². The first-order valence-corrected chi connectivity index (χ1v) is 13.4. The van der Waals surface area contributed by atoms with E-state index in [1.165, 1.54) is 11.0 Å². The lowest BCUT2D eigenvalue weighted by Gasteiger charge is -2.50. The van der Waals surface area contributed by atoms with Crippen molar-refractivity contribution < 1.29 is 48.0 Å². The van der Waals surface area contributed by atoms with Crippen molar-refractivity contribution in [2.75, 3.05) is 27.2 Å². The normalized spacial score (nSPS) is 29.5. The van der Waals surface area contributed by atoms with E-state index >= 15 is 0 Å². The molecule has 0 radical (unpaired) electrons. The van der Waals surface area contributed by atoms with E-state index in [2.05, 4.69) is 0 Å². The minimum Gasteiger partial charge on any atom is -0.510 e. The molecule has 3 aliphatic carbocycles. The second-order valence-electron chi connectivity index (χ2n) is 11.7. The molecule has 10 nitrogen and oxygen atoms in total. The van der Waals surface area contributed by atoms with Crippen LogP contribution in [0, 0.1) is 17.8 Å². The highest BCUT2D eigenvalue weighted by molar-refractivity contribution is 6.24. The molecule has 1 aliphatic heterocycles. The number of alkyl halides is 3. The predicted octanol–water partition coefficient (Wildman–Crippen LogP) is 1.89. The molecular formula is C28H32F3N3O7. The number of aliphatic hydroxyl groups is 3. The second kappa shape index (κ2) is 9.85. The molecule has 1 aromatic carbocycles. The van der Waals surface area contributed by atoms with Crippen molar-refractivity contribution in [2.45, 2.75) is 50.0 Å². The third-order valence-corrected chi connectivity index (χ3v) is 9.15. The van der Waals surface area contributed by atoms with E-state index in [-0.39, 0.29) is 62.2 Å². The van der Waals surface area contributed by atoms with Gasteiger partial charge in [0.15, 0.2) is 11.4 Å². The molecule has 4 aliphatic rings. The Morgan fingerprint density at radius 2 is 1.78 bits per heavy atom. The van der Waals surface area contributed by atoms with Gasteiger partial charge in [0, 0.05) is 18.0 Å². The number of aliphatic hydroxyl groups excluding tert-OH is 2. The number of hydrogen-bond donors (Lipinski definition) is 5. The summed E-state index contributed by atoms with van der Waals surface area (Å²) in [5.74, 6) is -8.63. The van der Waals surface area contributed by atoms with Gasteiger partial charge in [0.2, 0.25) is 5.78 Å². The summed E-state index contributed by atoms with van der Waals surface area (Å²) in [5.41, 5.74) is 2.47. The van der Waals surface area contributed by atoms with Gasteiger partial charge in [-0.25, -0.2) is 0 Å². The number of likely N-dealkylation sites (N-methyl/N-ethyl adjacent to an activating group) is 1. The zero-order chi connectivity index (χ0) is 30.2. The van der Waals surface area contributed by atoms with E-state index in [4.69, 9.17) is 5.73 Å². The Labute approximate surface area is 233 Å². The summed E-state index contributed by atoms with van der Waals surface area (Å²) in [6, 6.07) is 1.82. The quantitative estimate of drug-likeness (QED) is 0.335. The molecule has 1 fully saturated rings. The monoisotopic (exact) mass is 579 g/mol. The first-order chi connectivity index (χ1) is 19.1. The highest BCUT2D eigenvalue weighted by atomic mass is 19.4. The predicted molar refractivity (Wildman–Crippen MR) is 138 cm³/mol. The average Bonchev–Trinajstić information content (AvgIpc) is 2.87. The minimum atomic E-state index is -4.25. The summed E-state index contributed by atoms with van der Waals surface area (Å²) < 4.78 is 39.4. The number of nitrogens with zero attached hydrogens (tertiary/aromatic N) is 2. The number of phenols is 1. The number of likely N-dealkylation sites (tertiary alicyclic amines) is 1. The molecule has 4 atom stereocenters. The summed E-state index contributed by atoms with van der Waals surface area (Å²) in [4.78, 5) is 42.6. The van der Waals surface area contributed by atoms with Crippen LogP contribution in [-0.2, 0) is 22.6 Å². The number of piperidine rings is 1. The number of Topliss-reactive ketones (excluding diaryl/α,β-unsaturated/α-hetero) is 2. The van der Waals surface area contributed by atoms with Gasteiger partial charge in [-0.05, 0) is 76.0 Å². The third-order valence-electron chi connectivity index (χ3n) is 9.15. The second-order valence-corrected chi connectivity index (χ2v) is 11.7. The number of benzene rings is 1. The van der Waals surface area contributed by atoms with Crippen LogP contribution in [0.1, 0.15) is 40.7 Å². The van der Waals surface area contributed by atoms with Crippen molar-refractivity contribution >= 4 is 17.5 Å². The van der Waals surface area contributed by atoms with Gasteiger partial charge in [-0.3, -0.25) is 24.2 Å². The molecule has 1 saturated heterocycles. The van der Waals surface area contributed by atoms with Crippen LogP contribution in [0.15, 0.2) is 34.8 Å². The molecule has 1 heterocycles. The molecule has 0 spiro atoms. The fraction of sp³-hybridized carbons (Fsp3) is 0.536. The van der Waals surface area contributed by atoms with E-state index in [0.29, 0.717) is 11.1 Å². The maximum absolute atomic E-state index is 13.8. The Hall–Kier alpha value is -3.42. The lowest BCUT2D eigenvalue weighted by atomic mass is 9.58. The molecule has 1 aromatic rings. The number of fused-ring (bicyclic) bond motifs is 3. The van der Waals surface area contributed by atoms with Crippen LogP contribution < -0.4 is 5.73 Å². The van der Waals surface area contributed by atoms with Gasteiger partial charge >= 0.3 is 6.18 Å². The third kappa shape index (κ3) is 4.41. The number of carbonyl (C=O) groups is 3. The van der Waals surface area contributed by atoms with Crippen LogP contribution >= 0.6 is 0 Å². The van der Waals surface area contributed by atoms with Crippen molar-refractivity contribution in [3.8, 4) is 5.75 Å². The first kappa shape index (κ1) is 29.1. The number of halogens is 3. The molecule has 1 amide bonds. The largest absolute Gasteiger partial charge is 0.510 e. The molecule has 222 valence electrons. The zero-order valence-corrected chi connectivity index (χ0v) is 22.5. The maximum Gasteiger partial charge on any atom is 0.391 e. The standard InChI is InChI=1S/C28H32F3N3O7/c1-33(2)21-16-10-13-9-15-12(11-34-7-5-14(6-8-34)28(29,30)31)3-4-17(35)19(15)22(36)18(13)24(38)27(16,41)25(39)20(23(21)37)26(32)40/h3-4,13-14,16,21,35,37-38,41H,5-11H2,1-2H3,(H2,32,40)/t13-,16-,21+,27-/m0/s1. The number of aromatic hydroxyl groups is 1. The molecule has 0 aromatic heterocycles. The van der Waals surface area contributed by atoms with Crippen molar-refractivity contribution in [3.63, 3.8) is 0 Å². The lowest BCUT2D eigenvalue weighted by molar-refractivity contribution is -0.185. The van der Waals surface area contributed by atoms with Gasteiger partial charge in [-0.1, -0.05) is 6.07 Å². The lowest BCUT2D eigenvalue weighted by Crippen LogP contribution is -2.63. The van der Waals surface area contributed by atoms with Crippen LogP contribution in [0.25, 0.3) is 0 Å². The summed E-state index contributed by atoms with van der Waals surface area (Å²) in [6.07, 6.45) is -4.26. The van der Waals surface area contributed by atoms with Crippen LogP contribution in [0.3, 0.4) is 0 Å². The fourth-order valence-corrected chi connectivity index (χ4v) is 7.12. The van der Waals surface area contributed by atoms with Gasteiger partial charge in [-0.15, -0.1) is 0 Å². The van der Waals surface area contributed by atoms with Crippen molar-refractivity contribution in [1.29, 1.82) is 0 Å². The molecule has 5 rings (SSSR count). The molecule has 41 heavy (non-hydrogen) atoms. The highest BCUT2D eigenvalue weighted by Crippen LogP contribution is 2.52. The van der Waals surface area contributed by atoms with Crippen molar-refractivity contribution in [1.82, 2.24) is 9.80 Å². The van der Waals surface area contributed by atoms with Crippen LogP contribution in [0.4, 0.5) is 13.2 Å². The van der Waals surface area contributed by atoms with Gasteiger partial charge < -0.3 is 26.2 Å². The maximum atomic E-state index is 13.8. The van der Waals surface area contributed by atoms with E-state index in [0.717, 1.165) is 0 Å². The molecule has 6 N–H and O–H groups in total. The number of phenolic OH excluding ortho intramolecular Hbond substituents is 1. The molecule has 0 saturated carbocycles. The topological polar surface area (TPSA) is 165 Å². The number of hydrogen-bond acceptors (Lipinski definition) is 9. The van der Waals surface area contributed by atoms with Crippen LogP contribution in [0.2, 0.25) is 0 Å². The fourth-order valence-electron chi connectivity index (χ4n) is 7.12. The Balaban J connectivity index is 1.54. The van der Waals surface area contributed by atoms with Gasteiger partial charge in [0.05, 0.1) is 17.5 Å². The minimum absolute atomic E-state index is 0.0438. The first-order valence-electron chi connectivity index (χ1n) is 13.4. The van der Waals surface area contributed by atoms with Crippen molar-refractivity contribution in [2.24, 2.45) is 23.5 Å². The Morgan fingerprint density at radius 3 is 2.34 bits per heavy atom. The number of amides is 1. The Kier molecular flexibility index (Phi) is 6.98. The number of primary amides is 1. The van der Waals surface area contributed by atoms with Crippen LogP contribution in [-0.4, -0.2) is 92.7 Å². The number of allylic oxidation sites excluding steroid dienone is 1. The Bertz CT molecular complexity index is 1390. The molecular weight excluding hydrogens is 547 g/mol. The number of nitrogens with two attached hydrogens (primary N) is 1. The number of ketones is 2.